The second-order valence-electron chi connectivity index (χ2n) is 7.96. The first kappa shape index (κ1) is 23.0. The van der Waals surface area contributed by atoms with E-state index in [-0.39, 0.29) is 24.0 Å². The number of nitrogens with zero attached hydrogens (tertiary/aromatic N) is 3. The molecule has 1 saturated carbocycles. The zero-order valence-electron chi connectivity index (χ0n) is 17.0. The van der Waals surface area contributed by atoms with Gasteiger partial charge in [0.1, 0.15) is 0 Å². The van der Waals surface area contributed by atoms with E-state index in [9.17, 15) is 0 Å². The number of hydrogen-bond acceptors (Lipinski definition) is 3. The van der Waals surface area contributed by atoms with Crippen molar-refractivity contribution in [2.75, 3.05) is 26.7 Å². The molecule has 0 bridgehead atoms. The Labute approximate surface area is 187 Å². The number of piperidine rings is 1. The minimum absolute atomic E-state index is 0. The third kappa shape index (κ3) is 7.25. The second-order valence-corrected chi connectivity index (χ2v) is 7.96. The van der Waals surface area contributed by atoms with Gasteiger partial charge in [-0.2, -0.15) is 5.26 Å². The van der Waals surface area contributed by atoms with Crippen LogP contribution in [0.15, 0.2) is 29.3 Å². The summed E-state index contributed by atoms with van der Waals surface area (Å²) >= 11 is 0. The van der Waals surface area contributed by atoms with E-state index < -0.39 is 0 Å². The number of guanidine groups is 1. The van der Waals surface area contributed by atoms with E-state index >= 15 is 0 Å². The number of nitrogens with one attached hydrogen (secondary N) is 2. The fourth-order valence-corrected chi connectivity index (χ4v) is 4.32. The van der Waals surface area contributed by atoms with Gasteiger partial charge < -0.3 is 15.5 Å². The number of halogens is 1. The van der Waals surface area contributed by atoms with Crippen LogP contribution in [0.2, 0.25) is 0 Å². The van der Waals surface area contributed by atoms with Gasteiger partial charge in [0, 0.05) is 39.3 Å². The fourth-order valence-electron chi connectivity index (χ4n) is 4.32. The molecule has 0 amide bonds. The third-order valence-corrected chi connectivity index (χ3v) is 5.91. The van der Waals surface area contributed by atoms with Gasteiger partial charge in [0.25, 0.3) is 0 Å². The number of hydrogen-bond donors (Lipinski definition) is 2. The highest BCUT2D eigenvalue weighted by Gasteiger charge is 2.23. The van der Waals surface area contributed by atoms with Gasteiger partial charge in [0.2, 0.25) is 0 Å². The van der Waals surface area contributed by atoms with Crippen molar-refractivity contribution in [2.24, 2.45) is 10.9 Å². The van der Waals surface area contributed by atoms with Gasteiger partial charge in [-0.05, 0) is 49.3 Å². The molecule has 1 heterocycles. The van der Waals surface area contributed by atoms with Crippen LogP contribution in [0, 0.1) is 17.2 Å². The molecule has 2 N–H and O–H groups in total. The summed E-state index contributed by atoms with van der Waals surface area (Å²) in [6.45, 7) is 4.36. The third-order valence-electron chi connectivity index (χ3n) is 5.91. The van der Waals surface area contributed by atoms with Crippen LogP contribution in [0.5, 0.6) is 0 Å². The monoisotopic (exact) mass is 495 g/mol. The van der Waals surface area contributed by atoms with Crippen LogP contribution in [0.1, 0.15) is 56.1 Å². The van der Waals surface area contributed by atoms with Crippen LogP contribution < -0.4 is 10.6 Å². The number of aliphatic imine (C=N–C) groups is 1. The minimum Gasteiger partial charge on any atom is -0.354 e. The summed E-state index contributed by atoms with van der Waals surface area (Å²) in [6.07, 6.45) is 9.53. The minimum atomic E-state index is 0. The molecule has 2 fully saturated rings. The van der Waals surface area contributed by atoms with Gasteiger partial charge in [-0.15, -0.1) is 24.0 Å². The molecule has 1 aliphatic heterocycles. The molecule has 0 atom stereocenters. The largest absolute Gasteiger partial charge is 0.354 e. The maximum Gasteiger partial charge on any atom is 0.191 e. The summed E-state index contributed by atoms with van der Waals surface area (Å²) < 4.78 is 0. The maximum absolute atomic E-state index is 9.02. The van der Waals surface area contributed by atoms with Gasteiger partial charge in [0.05, 0.1) is 11.6 Å². The average Bonchev–Trinajstić information content (AvgIpc) is 2.73. The Bertz CT molecular complexity index is 655. The summed E-state index contributed by atoms with van der Waals surface area (Å²) in [5, 5.41) is 16.0. The van der Waals surface area contributed by atoms with Gasteiger partial charge in [0.15, 0.2) is 5.96 Å². The van der Waals surface area contributed by atoms with Crippen LogP contribution in [0.3, 0.4) is 0 Å². The Morgan fingerprint density at radius 2 is 1.93 bits per heavy atom. The number of rotatable bonds is 5. The van der Waals surface area contributed by atoms with Crippen molar-refractivity contribution in [3.8, 4) is 6.07 Å². The van der Waals surface area contributed by atoms with Crippen LogP contribution >= 0.6 is 24.0 Å². The lowest BCUT2D eigenvalue weighted by atomic mass is 9.88. The maximum atomic E-state index is 9.02. The van der Waals surface area contributed by atoms with Crippen LogP contribution in [-0.2, 0) is 6.54 Å². The average molecular weight is 495 g/mol. The molecule has 1 aromatic carbocycles. The predicted molar refractivity (Wildman–Crippen MR) is 126 cm³/mol. The molecule has 0 radical (unpaired) electrons. The molecule has 0 spiro atoms. The highest BCUT2D eigenvalue weighted by Crippen LogP contribution is 2.25. The number of benzene rings is 1. The molecule has 6 heteroatoms. The highest BCUT2D eigenvalue weighted by molar-refractivity contribution is 14.0. The Morgan fingerprint density at radius 3 is 2.61 bits per heavy atom. The molecule has 1 aliphatic carbocycles. The first-order chi connectivity index (χ1) is 13.3. The van der Waals surface area contributed by atoms with E-state index in [1.165, 1.54) is 64.6 Å². The lowest BCUT2D eigenvalue weighted by Crippen LogP contribution is -2.49. The van der Waals surface area contributed by atoms with Crippen molar-refractivity contribution in [3.63, 3.8) is 0 Å². The SMILES string of the molecule is CN=C(NCc1cccc(C#N)c1)NC1CCN(CC2CCCCC2)CC1.I. The molecule has 28 heavy (non-hydrogen) atoms. The van der Waals surface area contributed by atoms with Gasteiger partial charge in [-0.1, -0.05) is 31.4 Å². The summed E-state index contributed by atoms with van der Waals surface area (Å²) in [5.74, 6) is 1.78. The van der Waals surface area contributed by atoms with Crippen LogP contribution in [0.25, 0.3) is 0 Å². The normalized spacial score (nSPS) is 19.5. The lowest BCUT2D eigenvalue weighted by molar-refractivity contribution is 0.160. The standard InChI is InChI=1S/C22H33N5.HI/c1-24-22(25-16-20-9-5-8-19(14-20)15-23)26-21-10-12-27(13-11-21)17-18-6-3-2-4-7-18;/h5,8-9,14,18,21H,2-4,6-7,10-13,16-17H2,1H3,(H2,24,25,26);1H. The summed E-state index contributed by atoms with van der Waals surface area (Å²) in [5.41, 5.74) is 1.79. The Morgan fingerprint density at radius 1 is 1.18 bits per heavy atom. The smallest absolute Gasteiger partial charge is 0.191 e. The van der Waals surface area contributed by atoms with Crippen molar-refractivity contribution in [1.82, 2.24) is 15.5 Å². The molecule has 154 valence electrons. The summed E-state index contributed by atoms with van der Waals surface area (Å²) in [7, 11) is 1.82. The molecule has 2 aliphatic rings. The van der Waals surface area contributed by atoms with E-state index in [1.54, 1.807) is 0 Å². The topological polar surface area (TPSA) is 63.5 Å². The highest BCUT2D eigenvalue weighted by atomic mass is 127. The Kier molecular flexibility index (Phi) is 10.1. The van der Waals surface area contributed by atoms with E-state index in [0.717, 1.165) is 17.4 Å². The van der Waals surface area contributed by atoms with Gasteiger partial charge in [-0.3, -0.25) is 4.99 Å². The van der Waals surface area contributed by atoms with Crippen molar-refractivity contribution in [3.05, 3.63) is 35.4 Å². The Hall–Kier alpha value is -1.33. The predicted octanol–water partition coefficient (Wildman–Crippen LogP) is 3.89. The van der Waals surface area contributed by atoms with Crippen LogP contribution in [0.4, 0.5) is 0 Å². The summed E-state index contributed by atoms with van der Waals surface area (Å²) in [6, 6.07) is 10.4. The molecule has 5 nitrogen and oxygen atoms in total. The van der Waals surface area contributed by atoms with E-state index in [0.29, 0.717) is 18.2 Å². The van der Waals surface area contributed by atoms with Gasteiger partial charge in [-0.25, -0.2) is 0 Å². The molecule has 3 rings (SSSR count). The molecule has 0 unspecified atom stereocenters. The molecule has 1 saturated heterocycles. The zero-order chi connectivity index (χ0) is 18.9. The fraction of sp³-hybridized carbons (Fsp3) is 0.636. The summed E-state index contributed by atoms with van der Waals surface area (Å²) in [4.78, 5) is 7.03. The number of likely N-dealkylation sites (tertiary alicyclic amines) is 1. The van der Waals surface area contributed by atoms with Crippen molar-refractivity contribution < 1.29 is 0 Å². The first-order valence-corrected chi connectivity index (χ1v) is 10.5. The van der Waals surface area contributed by atoms with E-state index in [2.05, 4.69) is 26.6 Å². The first-order valence-electron chi connectivity index (χ1n) is 10.5. The van der Waals surface area contributed by atoms with Crippen molar-refractivity contribution in [1.29, 1.82) is 5.26 Å². The number of nitriles is 1. The van der Waals surface area contributed by atoms with Gasteiger partial charge >= 0.3 is 0 Å². The molecule has 1 aromatic rings. The second kappa shape index (κ2) is 12.3. The van der Waals surface area contributed by atoms with Crippen LogP contribution in [-0.4, -0.2) is 43.6 Å². The van der Waals surface area contributed by atoms with Crippen molar-refractivity contribution >= 4 is 29.9 Å². The quantitative estimate of drug-likeness (QED) is 0.370. The molecule has 0 aromatic heterocycles. The van der Waals surface area contributed by atoms with E-state index in [4.69, 9.17) is 5.26 Å². The Balaban J connectivity index is 0.00000280. The molecular weight excluding hydrogens is 461 g/mol. The van der Waals surface area contributed by atoms with E-state index in [1.807, 2.05) is 31.3 Å². The molecular formula is C22H34IN5. The zero-order valence-corrected chi connectivity index (χ0v) is 19.3. The lowest BCUT2D eigenvalue weighted by Gasteiger charge is -2.36. The van der Waals surface area contributed by atoms with Crippen molar-refractivity contribution in [2.45, 2.75) is 57.5 Å².